The molecule has 3 aromatic rings. The first-order valence-corrected chi connectivity index (χ1v) is 6.28. The summed E-state index contributed by atoms with van der Waals surface area (Å²) < 4.78 is 1.69. The molecule has 2 heterocycles. The predicted molar refractivity (Wildman–Crippen MR) is 76.2 cm³/mol. The lowest BCUT2D eigenvalue weighted by molar-refractivity contribution is 0.895. The van der Waals surface area contributed by atoms with E-state index in [1.54, 1.807) is 30.1 Å². The molecule has 0 fully saturated rings. The van der Waals surface area contributed by atoms with Crippen molar-refractivity contribution in [2.75, 3.05) is 12.4 Å². The van der Waals surface area contributed by atoms with Gasteiger partial charge >= 0.3 is 0 Å². The number of rotatable bonds is 2. The van der Waals surface area contributed by atoms with Crippen LogP contribution in [0.15, 0.2) is 30.7 Å². The summed E-state index contributed by atoms with van der Waals surface area (Å²) in [6.45, 7) is 0. The zero-order valence-corrected chi connectivity index (χ0v) is 11.4. The van der Waals surface area contributed by atoms with Crippen molar-refractivity contribution in [3.8, 4) is 5.69 Å². The number of hydrogen-bond donors (Lipinski definition) is 1. The minimum Gasteiger partial charge on any atom is -0.372 e. The first-order valence-electron chi connectivity index (χ1n) is 5.52. The van der Waals surface area contributed by atoms with Crippen LogP contribution in [0.5, 0.6) is 0 Å². The Labute approximate surface area is 119 Å². The summed E-state index contributed by atoms with van der Waals surface area (Å²) in [4.78, 5) is 8.39. The highest BCUT2D eigenvalue weighted by atomic mass is 35.5. The molecular formula is C12H9Cl2N5. The molecule has 2 aromatic heterocycles. The second kappa shape index (κ2) is 4.68. The minimum atomic E-state index is 0.478. The average molecular weight is 294 g/mol. The number of nitrogens with one attached hydrogen (secondary N) is 1. The molecule has 1 aromatic carbocycles. The standard InChI is InChI=1S/C12H9Cl2N5/c1-15-11-8-5-18-19(12(8)17-6-16-11)7-2-3-9(13)10(14)4-7/h2-6H,1H3,(H,15,16,17). The molecule has 3 rings (SSSR count). The number of aromatic nitrogens is 4. The van der Waals surface area contributed by atoms with Crippen molar-refractivity contribution in [3.05, 3.63) is 40.8 Å². The number of benzene rings is 1. The van der Waals surface area contributed by atoms with Crippen LogP contribution in [-0.4, -0.2) is 26.8 Å². The molecule has 0 aliphatic rings. The van der Waals surface area contributed by atoms with Crippen molar-refractivity contribution in [2.24, 2.45) is 0 Å². The van der Waals surface area contributed by atoms with Crippen LogP contribution in [0.2, 0.25) is 10.0 Å². The first-order chi connectivity index (χ1) is 9.20. The van der Waals surface area contributed by atoms with E-state index in [0.717, 1.165) is 16.9 Å². The van der Waals surface area contributed by atoms with E-state index in [0.29, 0.717) is 15.7 Å². The molecule has 0 atom stereocenters. The predicted octanol–water partition coefficient (Wildman–Crippen LogP) is 3.16. The number of nitrogens with zero attached hydrogens (tertiary/aromatic N) is 4. The monoisotopic (exact) mass is 293 g/mol. The summed E-state index contributed by atoms with van der Waals surface area (Å²) in [6.07, 6.45) is 3.20. The smallest absolute Gasteiger partial charge is 0.168 e. The molecule has 0 spiro atoms. The van der Waals surface area contributed by atoms with Gasteiger partial charge in [-0.1, -0.05) is 23.2 Å². The third-order valence-electron chi connectivity index (χ3n) is 2.75. The van der Waals surface area contributed by atoms with Gasteiger partial charge in [-0.15, -0.1) is 0 Å². The maximum absolute atomic E-state index is 6.02. The second-order valence-corrected chi connectivity index (χ2v) is 4.68. The van der Waals surface area contributed by atoms with Crippen molar-refractivity contribution in [1.29, 1.82) is 0 Å². The normalized spacial score (nSPS) is 10.9. The summed E-state index contributed by atoms with van der Waals surface area (Å²) in [5, 5.41) is 9.15. The lowest BCUT2D eigenvalue weighted by atomic mass is 10.3. The Morgan fingerprint density at radius 3 is 2.74 bits per heavy atom. The maximum atomic E-state index is 6.02. The molecule has 0 radical (unpaired) electrons. The fraction of sp³-hybridized carbons (Fsp3) is 0.0833. The SMILES string of the molecule is CNc1ncnc2c1cnn2-c1ccc(Cl)c(Cl)c1. The zero-order chi connectivity index (χ0) is 13.4. The van der Waals surface area contributed by atoms with E-state index in [-0.39, 0.29) is 0 Å². The molecule has 0 aliphatic carbocycles. The molecule has 0 unspecified atom stereocenters. The van der Waals surface area contributed by atoms with Crippen LogP contribution in [-0.2, 0) is 0 Å². The molecule has 0 amide bonds. The van der Waals surface area contributed by atoms with Crippen LogP contribution in [0.1, 0.15) is 0 Å². The Morgan fingerprint density at radius 1 is 1.16 bits per heavy atom. The fourth-order valence-electron chi connectivity index (χ4n) is 1.85. The second-order valence-electron chi connectivity index (χ2n) is 3.86. The van der Waals surface area contributed by atoms with Gasteiger partial charge in [0.25, 0.3) is 0 Å². The molecule has 0 saturated carbocycles. The number of hydrogen-bond acceptors (Lipinski definition) is 4. The lowest BCUT2D eigenvalue weighted by Gasteiger charge is -2.05. The molecule has 19 heavy (non-hydrogen) atoms. The quantitative estimate of drug-likeness (QED) is 0.788. The molecule has 96 valence electrons. The molecule has 5 nitrogen and oxygen atoms in total. The third-order valence-corrected chi connectivity index (χ3v) is 3.49. The van der Waals surface area contributed by atoms with Gasteiger partial charge in [0, 0.05) is 7.05 Å². The Kier molecular flexibility index (Phi) is 3.00. The van der Waals surface area contributed by atoms with Crippen LogP contribution in [0, 0.1) is 0 Å². The van der Waals surface area contributed by atoms with E-state index >= 15 is 0 Å². The Hall–Kier alpha value is -1.85. The molecule has 0 bridgehead atoms. The summed E-state index contributed by atoms with van der Waals surface area (Å²) in [6, 6.07) is 5.31. The van der Waals surface area contributed by atoms with Gasteiger partial charge in [-0.2, -0.15) is 5.10 Å². The van der Waals surface area contributed by atoms with Gasteiger partial charge in [0.15, 0.2) is 5.65 Å². The highest BCUT2D eigenvalue weighted by molar-refractivity contribution is 6.42. The van der Waals surface area contributed by atoms with Crippen LogP contribution >= 0.6 is 23.2 Å². The highest BCUT2D eigenvalue weighted by Gasteiger charge is 2.11. The van der Waals surface area contributed by atoms with E-state index in [4.69, 9.17) is 23.2 Å². The molecule has 7 heteroatoms. The van der Waals surface area contributed by atoms with Gasteiger partial charge in [0.1, 0.15) is 12.1 Å². The highest BCUT2D eigenvalue weighted by Crippen LogP contribution is 2.26. The summed E-state index contributed by atoms with van der Waals surface area (Å²) in [7, 11) is 1.80. The van der Waals surface area contributed by atoms with Gasteiger partial charge < -0.3 is 5.32 Å². The maximum Gasteiger partial charge on any atom is 0.168 e. The van der Waals surface area contributed by atoms with Crippen LogP contribution < -0.4 is 5.32 Å². The molecule has 0 aliphatic heterocycles. The van der Waals surface area contributed by atoms with Crippen molar-refractivity contribution in [1.82, 2.24) is 19.7 Å². The molecule has 0 saturated heterocycles. The van der Waals surface area contributed by atoms with Gasteiger partial charge in [0.05, 0.1) is 27.3 Å². The van der Waals surface area contributed by atoms with E-state index in [1.807, 2.05) is 6.07 Å². The third kappa shape index (κ3) is 2.01. The largest absolute Gasteiger partial charge is 0.372 e. The molecular weight excluding hydrogens is 285 g/mol. The summed E-state index contributed by atoms with van der Waals surface area (Å²) >= 11 is 11.9. The van der Waals surface area contributed by atoms with E-state index in [2.05, 4.69) is 20.4 Å². The average Bonchev–Trinajstić information content (AvgIpc) is 2.85. The topological polar surface area (TPSA) is 55.6 Å². The van der Waals surface area contributed by atoms with Crippen molar-refractivity contribution in [3.63, 3.8) is 0 Å². The minimum absolute atomic E-state index is 0.478. The number of halogens is 2. The van der Waals surface area contributed by atoms with Crippen LogP contribution in [0.25, 0.3) is 16.7 Å². The van der Waals surface area contributed by atoms with Gasteiger partial charge in [0.2, 0.25) is 0 Å². The van der Waals surface area contributed by atoms with Crippen molar-refractivity contribution >= 4 is 40.1 Å². The number of anilines is 1. The van der Waals surface area contributed by atoms with Gasteiger partial charge in [-0.3, -0.25) is 0 Å². The van der Waals surface area contributed by atoms with Crippen molar-refractivity contribution < 1.29 is 0 Å². The van der Waals surface area contributed by atoms with Gasteiger partial charge in [-0.25, -0.2) is 14.6 Å². The number of fused-ring (bicyclic) bond motifs is 1. The fourth-order valence-corrected chi connectivity index (χ4v) is 2.14. The first kappa shape index (κ1) is 12.2. The van der Waals surface area contributed by atoms with Gasteiger partial charge in [-0.05, 0) is 18.2 Å². The van der Waals surface area contributed by atoms with Crippen LogP contribution in [0.3, 0.4) is 0 Å². The molecule has 1 N–H and O–H groups in total. The Morgan fingerprint density at radius 2 is 2.00 bits per heavy atom. The van der Waals surface area contributed by atoms with E-state index < -0.39 is 0 Å². The summed E-state index contributed by atoms with van der Waals surface area (Å²) in [5.74, 6) is 0.733. The Bertz CT molecular complexity index is 753. The zero-order valence-electron chi connectivity index (χ0n) is 9.93. The van der Waals surface area contributed by atoms with E-state index in [9.17, 15) is 0 Å². The van der Waals surface area contributed by atoms with Crippen LogP contribution in [0.4, 0.5) is 5.82 Å². The Balaban J connectivity index is 2.23. The summed E-state index contributed by atoms with van der Waals surface area (Å²) in [5.41, 5.74) is 1.50. The lowest BCUT2D eigenvalue weighted by Crippen LogP contribution is -1.99. The van der Waals surface area contributed by atoms with Crippen molar-refractivity contribution in [2.45, 2.75) is 0 Å². The van der Waals surface area contributed by atoms with E-state index in [1.165, 1.54) is 6.33 Å².